The molecular formula is C10H13Cl2NO. The van der Waals surface area contributed by atoms with Crippen LogP contribution in [0.4, 0.5) is 0 Å². The van der Waals surface area contributed by atoms with Gasteiger partial charge in [0, 0.05) is 0 Å². The minimum absolute atomic E-state index is 0.148. The fraction of sp³-hybridized carbons (Fsp3) is 0.400. The fourth-order valence-electron chi connectivity index (χ4n) is 1.26. The van der Waals surface area contributed by atoms with Gasteiger partial charge in [-0.25, -0.2) is 0 Å². The first kappa shape index (κ1) is 11.8. The van der Waals surface area contributed by atoms with Crippen molar-refractivity contribution in [2.45, 2.75) is 19.4 Å². The second-order valence-electron chi connectivity index (χ2n) is 2.96. The van der Waals surface area contributed by atoms with Crippen molar-refractivity contribution in [2.24, 2.45) is 0 Å². The van der Waals surface area contributed by atoms with E-state index >= 15 is 0 Å². The molecular weight excluding hydrogens is 221 g/mol. The molecule has 0 spiro atoms. The van der Waals surface area contributed by atoms with Gasteiger partial charge in [0.25, 0.3) is 0 Å². The maximum absolute atomic E-state index is 5.91. The average Bonchev–Trinajstić information content (AvgIpc) is 2.19. The minimum atomic E-state index is 0.148. The predicted molar refractivity (Wildman–Crippen MR) is 59.6 cm³/mol. The van der Waals surface area contributed by atoms with Crippen molar-refractivity contribution in [3.05, 3.63) is 33.8 Å². The Kier molecular flexibility index (Phi) is 4.69. The smallest absolute Gasteiger partial charge is 0.0595 e. The van der Waals surface area contributed by atoms with Crippen molar-refractivity contribution in [1.29, 1.82) is 0 Å². The predicted octanol–water partition coefficient (Wildman–Crippen LogP) is 3.60. The normalized spacial score (nSPS) is 12.9. The zero-order valence-electron chi connectivity index (χ0n) is 8.18. The summed E-state index contributed by atoms with van der Waals surface area (Å²) in [6.45, 7) is 2.07. The van der Waals surface area contributed by atoms with Crippen LogP contribution in [0.15, 0.2) is 18.2 Å². The van der Waals surface area contributed by atoms with E-state index < -0.39 is 0 Å². The molecule has 0 aliphatic carbocycles. The molecule has 0 fully saturated rings. The van der Waals surface area contributed by atoms with E-state index in [1.165, 1.54) is 0 Å². The Morgan fingerprint density at radius 2 is 2.07 bits per heavy atom. The van der Waals surface area contributed by atoms with Crippen molar-refractivity contribution < 1.29 is 4.84 Å². The molecule has 0 aliphatic heterocycles. The van der Waals surface area contributed by atoms with Gasteiger partial charge in [-0.2, -0.15) is 5.48 Å². The lowest BCUT2D eigenvalue weighted by Gasteiger charge is -2.15. The van der Waals surface area contributed by atoms with Crippen LogP contribution in [0.25, 0.3) is 0 Å². The van der Waals surface area contributed by atoms with Crippen molar-refractivity contribution in [3.8, 4) is 0 Å². The first-order valence-corrected chi connectivity index (χ1v) is 5.18. The SMILES string of the molecule is CCC(NOC)c1ccc(Cl)c(Cl)c1. The van der Waals surface area contributed by atoms with E-state index in [1.807, 2.05) is 12.1 Å². The summed E-state index contributed by atoms with van der Waals surface area (Å²) in [7, 11) is 1.60. The van der Waals surface area contributed by atoms with Gasteiger partial charge in [0.2, 0.25) is 0 Å². The Morgan fingerprint density at radius 1 is 1.36 bits per heavy atom. The molecule has 1 aromatic carbocycles. The van der Waals surface area contributed by atoms with Crippen LogP contribution in [0.3, 0.4) is 0 Å². The quantitative estimate of drug-likeness (QED) is 0.803. The molecule has 0 aromatic heterocycles. The lowest BCUT2D eigenvalue weighted by molar-refractivity contribution is 0.0593. The second-order valence-corrected chi connectivity index (χ2v) is 3.77. The van der Waals surface area contributed by atoms with Gasteiger partial charge in [-0.1, -0.05) is 36.2 Å². The highest BCUT2D eigenvalue weighted by atomic mass is 35.5. The van der Waals surface area contributed by atoms with Crippen LogP contribution in [0.5, 0.6) is 0 Å². The molecule has 14 heavy (non-hydrogen) atoms. The molecule has 1 unspecified atom stereocenters. The molecule has 4 heteroatoms. The van der Waals surface area contributed by atoms with E-state index in [0.29, 0.717) is 10.0 Å². The fourth-order valence-corrected chi connectivity index (χ4v) is 1.56. The lowest BCUT2D eigenvalue weighted by atomic mass is 10.1. The zero-order valence-corrected chi connectivity index (χ0v) is 9.69. The largest absolute Gasteiger partial charge is 0.305 e. The summed E-state index contributed by atoms with van der Waals surface area (Å²) in [5.74, 6) is 0. The number of hydroxylamine groups is 1. The standard InChI is InChI=1S/C10H13Cl2NO/c1-3-10(13-14-2)7-4-5-8(11)9(12)6-7/h4-6,10,13H,3H2,1-2H3. The van der Waals surface area contributed by atoms with Gasteiger partial charge in [-0.05, 0) is 24.1 Å². The molecule has 1 atom stereocenters. The van der Waals surface area contributed by atoms with Crippen LogP contribution >= 0.6 is 23.2 Å². The Hall–Kier alpha value is -0.280. The molecule has 0 saturated heterocycles. The molecule has 1 N–H and O–H groups in total. The van der Waals surface area contributed by atoms with Crippen LogP contribution < -0.4 is 5.48 Å². The monoisotopic (exact) mass is 233 g/mol. The van der Waals surface area contributed by atoms with Gasteiger partial charge >= 0.3 is 0 Å². The minimum Gasteiger partial charge on any atom is -0.305 e. The highest BCUT2D eigenvalue weighted by Crippen LogP contribution is 2.26. The van der Waals surface area contributed by atoms with Crippen molar-refractivity contribution >= 4 is 23.2 Å². The molecule has 0 radical (unpaired) electrons. The van der Waals surface area contributed by atoms with Crippen LogP contribution in [0.1, 0.15) is 24.9 Å². The molecule has 0 bridgehead atoms. The van der Waals surface area contributed by atoms with E-state index in [-0.39, 0.29) is 6.04 Å². The number of benzene rings is 1. The molecule has 2 nitrogen and oxygen atoms in total. The number of halogens is 2. The third-order valence-corrected chi connectivity index (χ3v) is 2.75. The first-order valence-electron chi connectivity index (χ1n) is 4.42. The first-order chi connectivity index (χ1) is 6.69. The Balaban J connectivity index is 2.88. The van der Waals surface area contributed by atoms with E-state index in [4.69, 9.17) is 28.0 Å². The summed E-state index contributed by atoms with van der Waals surface area (Å²) in [6.07, 6.45) is 0.922. The topological polar surface area (TPSA) is 21.3 Å². The third-order valence-electron chi connectivity index (χ3n) is 2.01. The highest BCUT2D eigenvalue weighted by Gasteiger charge is 2.09. The van der Waals surface area contributed by atoms with Crippen LogP contribution in [-0.4, -0.2) is 7.11 Å². The summed E-state index contributed by atoms with van der Waals surface area (Å²) >= 11 is 11.7. The van der Waals surface area contributed by atoms with Crippen molar-refractivity contribution in [2.75, 3.05) is 7.11 Å². The molecule has 0 saturated carbocycles. The average molecular weight is 234 g/mol. The second kappa shape index (κ2) is 5.56. The van der Waals surface area contributed by atoms with Crippen LogP contribution in [0.2, 0.25) is 10.0 Å². The molecule has 1 rings (SSSR count). The number of rotatable bonds is 4. The molecule has 0 aliphatic rings. The number of hydrogen-bond acceptors (Lipinski definition) is 2. The van der Waals surface area contributed by atoms with E-state index in [2.05, 4.69) is 12.4 Å². The lowest BCUT2D eigenvalue weighted by Crippen LogP contribution is -2.19. The number of hydrogen-bond donors (Lipinski definition) is 1. The molecule has 0 heterocycles. The number of nitrogens with one attached hydrogen (secondary N) is 1. The van der Waals surface area contributed by atoms with Gasteiger partial charge in [-0.15, -0.1) is 0 Å². The summed E-state index contributed by atoms with van der Waals surface area (Å²) in [6, 6.07) is 5.73. The summed E-state index contributed by atoms with van der Waals surface area (Å²) < 4.78 is 0. The highest BCUT2D eigenvalue weighted by molar-refractivity contribution is 6.42. The maximum atomic E-state index is 5.91. The maximum Gasteiger partial charge on any atom is 0.0595 e. The summed E-state index contributed by atoms with van der Waals surface area (Å²) in [5.41, 5.74) is 3.97. The van der Waals surface area contributed by atoms with Crippen molar-refractivity contribution in [3.63, 3.8) is 0 Å². The molecule has 0 amide bonds. The van der Waals surface area contributed by atoms with E-state index in [9.17, 15) is 0 Å². The summed E-state index contributed by atoms with van der Waals surface area (Å²) in [4.78, 5) is 4.89. The Labute approximate surface area is 94.1 Å². The van der Waals surface area contributed by atoms with Gasteiger partial charge < -0.3 is 4.84 Å². The Bertz CT molecular complexity index is 304. The van der Waals surface area contributed by atoms with Crippen molar-refractivity contribution in [1.82, 2.24) is 5.48 Å². The molecule has 78 valence electrons. The van der Waals surface area contributed by atoms with E-state index in [0.717, 1.165) is 12.0 Å². The third kappa shape index (κ3) is 2.85. The van der Waals surface area contributed by atoms with E-state index in [1.54, 1.807) is 13.2 Å². The Morgan fingerprint density at radius 3 is 2.57 bits per heavy atom. The zero-order chi connectivity index (χ0) is 10.6. The van der Waals surface area contributed by atoms with Gasteiger partial charge in [0.1, 0.15) is 0 Å². The van der Waals surface area contributed by atoms with Gasteiger partial charge in [-0.3, -0.25) is 0 Å². The van der Waals surface area contributed by atoms with Gasteiger partial charge in [0.05, 0.1) is 23.2 Å². The van der Waals surface area contributed by atoms with Crippen LogP contribution in [0, 0.1) is 0 Å². The molecule has 1 aromatic rings. The van der Waals surface area contributed by atoms with Crippen LogP contribution in [-0.2, 0) is 4.84 Å². The van der Waals surface area contributed by atoms with Gasteiger partial charge in [0.15, 0.2) is 0 Å². The summed E-state index contributed by atoms with van der Waals surface area (Å²) in [5, 5.41) is 1.14.